The van der Waals surface area contributed by atoms with Crippen LogP contribution in [-0.2, 0) is 4.79 Å². The van der Waals surface area contributed by atoms with Crippen LogP contribution in [0.15, 0.2) is 30.3 Å². The molecule has 1 amide bonds. The number of hydrogen-bond donors (Lipinski definition) is 1. The molecule has 1 aliphatic heterocycles. The van der Waals surface area contributed by atoms with E-state index in [-0.39, 0.29) is 18.1 Å². The fourth-order valence-corrected chi connectivity index (χ4v) is 4.03. The van der Waals surface area contributed by atoms with Crippen LogP contribution in [0, 0.1) is 5.92 Å². The molecule has 3 rings (SSSR count). The largest absolute Gasteiger partial charge is 0.393 e. The van der Waals surface area contributed by atoms with Crippen LogP contribution in [0.3, 0.4) is 0 Å². The lowest BCUT2D eigenvalue weighted by Gasteiger charge is -2.38. The zero-order valence-corrected chi connectivity index (χ0v) is 15.5. The summed E-state index contributed by atoms with van der Waals surface area (Å²) in [6.45, 7) is 6.11. The molecule has 0 aromatic heterocycles. The van der Waals surface area contributed by atoms with Gasteiger partial charge < -0.3 is 14.9 Å². The minimum Gasteiger partial charge on any atom is -0.393 e. The number of piperazine rings is 1. The van der Waals surface area contributed by atoms with Gasteiger partial charge in [-0.15, -0.1) is 0 Å². The van der Waals surface area contributed by atoms with Gasteiger partial charge in [0.2, 0.25) is 5.91 Å². The highest BCUT2D eigenvalue weighted by Crippen LogP contribution is 2.26. The number of anilines is 1. The molecule has 5 nitrogen and oxygen atoms in total. The van der Waals surface area contributed by atoms with Gasteiger partial charge in [0.1, 0.15) is 0 Å². The summed E-state index contributed by atoms with van der Waals surface area (Å²) in [4.78, 5) is 19.3. The highest BCUT2D eigenvalue weighted by atomic mass is 16.3. The van der Waals surface area contributed by atoms with Gasteiger partial charge in [-0.25, -0.2) is 0 Å². The number of likely N-dealkylation sites (N-methyl/N-ethyl adjacent to an activating group) is 1. The lowest BCUT2D eigenvalue weighted by Crippen LogP contribution is -2.54. The van der Waals surface area contributed by atoms with E-state index >= 15 is 0 Å². The Kier molecular flexibility index (Phi) is 5.97. The predicted octanol–water partition coefficient (Wildman–Crippen LogP) is 1.82. The Morgan fingerprint density at radius 3 is 2.48 bits per heavy atom. The van der Waals surface area contributed by atoms with Gasteiger partial charge in [0.25, 0.3) is 0 Å². The van der Waals surface area contributed by atoms with E-state index in [1.807, 2.05) is 24.9 Å². The van der Waals surface area contributed by atoms with E-state index in [1.54, 1.807) is 0 Å². The summed E-state index contributed by atoms with van der Waals surface area (Å²) in [6.07, 6.45) is 2.88. The first-order valence-corrected chi connectivity index (χ1v) is 9.53. The van der Waals surface area contributed by atoms with Crippen molar-refractivity contribution >= 4 is 11.6 Å². The van der Waals surface area contributed by atoms with E-state index in [9.17, 15) is 9.90 Å². The number of carbonyl (C=O) groups excluding carboxylic acids is 1. The zero-order chi connectivity index (χ0) is 17.8. The first-order valence-electron chi connectivity index (χ1n) is 9.53. The second-order valence-corrected chi connectivity index (χ2v) is 7.52. The Labute approximate surface area is 151 Å². The Morgan fingerprint density at radius 2 is 1.88 bits per heavy atom. The van der Waals surface area contributed by atoms with Gasteiger partial charge in [0, 0.05) is 38.4 Å². The molecule has 1 heterocycles. The van der Waals surface area contributed by atoms with Crippen LogP contribution in [0.1, 0.15) is 26.2 Å². The third kappa shape index (κ3) is 4.33. The summed E-state index contributed by atoms with van der Waals surface area (Å²) in [6, 6.07) is 10.3. The van der Waals surface area contributed by atoms with Crippen LogP contribution in [-0.4, -0.2) is 72.7 Å². The SMILES string of the molecule is CC(C(=O)N1CCN(c2ccccc2)CC1)N(C)CC1CCCC1O. The van der Waals surface area contributed by atoms with Crippen LogP contribution in [0.25, 0.3) is 0 Å². The third-order valence-corrected chi connectivity index (χ3v) is 5.87. The summed E-state index contributed by atoms with van der Waals surface area (Å²) in [5.41, 5.74) is 1.23. The van der Waals surface area contributed by atoms with Gasteiger partial charge in [0.05, 0.1) is 12.1 Å². The molecule has 25 heavy (non-hydrogen) atoms. The number of para-hydroxylation sites is 1. The Bertz CT molecular complexity index is 557. The van der Waals surface area contributed by atoms with Crippen molar-refractivity contribution in [1.82, 2.24) is 9.80 Å². The smallest absolute Gasteiger partial charge is 0.239 e. The van der Waals surface area contributed by atoms with Crippen molar-refractivity contribution in [2.75, 3.05) is 44.7 Å². The van der Waals surface area contributed by atoms with E-state index in [4.69, 9.17) is 0 Å². The number of benzene rings is 1. The molecule has 3 unspecified atom stereocenters. The van der Waals surface area contributed by atoms with E-state index < -0.39 is 0 Å². The molecular weight excluding hydrogens is 314 g/mol. The zero-order valence-electron chi connectivity index (χ0n) is 15.5. The molecule has 0 bridgehead atoms. The van der Waals surface area contributed by atoms with Crippen LogP contribution < -0.4 is 4.90 Å². The fourth-order valence-electron chi connectivity index (χ4n) is 4.03. The van der Waals surface area contributed by atoms with E-state index in [0.29, 0.717) is 5.92 Å². The van der Waals surface area contributed by atoms with Crippen LogP contribution in [0.5, 0.6) is 0 Å². The van der Waals surface area contributed by atoms with E-state index in [2.05, 4.69) is 34.1 Å². The number of rotatable bonds is 5. The predicted molar refractivity (Wildman–Crippen MR) is 101 cm³/mol. The third-order valence-electron chi connectivity index (χ3n) is 5.87. The summed E-state index contributed by atoms with van der Waals surface area (Å²) in [5.74, 6) is 0.526. The second kappa shape index (κ2) is 8.19. The molecule has 1 aliphatic carbocycles. The monoisotopic (exact) mass is 345 g/mol. The maximum absolute atomic E-state index is 12.8. The standard InChI is InChI=1S/C20H31N3O2/c1-16(21(2)15-17-7-6-10-19(17)24)20(25)23-13-11-22(12-14-23)18-8-4-3-5-9-18/h3-5,8-9,16-17,19,24H,6-7,10-15H2,1-2H3. The summed E-state index contributed by atoms with van der Waals surface area (Å²) in [5, 5.41) is 10.0. The maximum Gasteiger partial charge on any atom is 0.239 e. The lowest BCUT2D eigenvalue weighted by molar-refractivity contribution is -0.136. The van der Waals surface area contributed by atoms with Crippen molar-refractivity contribution in [2.45, 2.75) is 38.3 Å². The topological polar surface area (TPSA) is 47.0 Å². The van der Waals surface area contributed by atoms with Gasteiger partial charge in [-0.3, -0.25) is 9.69 Å². The van der Waals surface area contributed by atoms with Crippen molar-refractivity contribution in [2.24, 2.45) is 5.92 Å². The average Bonchev–Trinajstić information content (AvgIpc) is 3.06. The van der Waals surface area contributed by atoms with Gasteiger partial charge in [-0.1, -0.05) is 24.6 Å². The Hall–Kier alpha value is -1.59. The number of nitrogens with zero attached hydrogens (tertiary/aromatic N) is 3. The highest BCUT2D eigenvalue weighted by molar-refractivity contribution is 5.81. The van der Waals surface area contributed by atoms with Crippen molar-refractivity contribution in [3.05, 3.63) is 30.3 Å². The average molecular weight is 345 g/mol. The van der Waals surface area contributed by atoms with Crippen molar-refractivity contribution < 1.29 is 9.90 Å². The normalized spacial score (nSPS) is 25.4. The first-order chi connectivity index (χ1) is 12.1. The molecule has 2 fully saturated rings. The van der Waals surface area contributed by atoms with Gasteiger partial charge in [-0.2, -0.15) is 0 Å². The Balaban J connectivity index is 1.49. The molecule has 5 heteroatoms. The van der Waals surface area contributed by atoms with Gasteiger partial charge >= 0.3 is 0 Å². The molecule has 0 spiro atoms. The number of aliphatic hydroxyl groups excluding tert-OH is 1. The fraction of sp³-hybridized carbons (Fsp3) is 0.650. The number of aliphatic hydroxyl groups is 1. The lowest BCUT2D eigenvalue weighted by atomic mass is 10.0. The van der Waals surface area contributed by atoms with Crippen LogP contribution in [0.4, 0.5) is 5.69 Å². The summed E-state index contributed by atoms with van der Waals surface area (Å²) < 4.78 is 0. The molecule has 2 aliphatic rings. The second-order valence-electron chi connectivity index (χ2n) is 7.52. The molecule has 1 aromatic carbocycles. The van der Waals surface area contributed by atoms with Crippen LogP contribution >= 0.6 is 0 Å². The molecule has 0 radical (unpaired) electrons. The first kappa shape index (κ1) is 18.2. The quantitative estimate of drug-likeness (QED) is 0.884. The molecule has 3 atom stereocenters. The number of hydrogen-bond acceptors (Lipinski definition) is 4. The molecule has 1 aromatic rings. The minimum atomic E-state index is -0.195. The summed E-state index contributed by atoms with van der Waals surface area (Å²) >= 11 is 0. The molecule has 1 saturated heterocycles. The minimum absolute atomic E-state index is 0.129. The van der Waals surface area contributed by atoms with Crippen molar-refractivity contribution in [3.63, 3.8) is 0 Å². The number of amides is 1. The van der Waals surface area contributed by atoms with Gasteiger partial charge in [0.15, 0.2) is 0 Å². The molecule has 138 valence electrons. The maximum atomic E-state index is 12.8. The summed E-state index contributed by atoms with van der Waals surface area (Å²) in [7, 11) is 2.01. The van der Waals surface area contributed by atoms with Crippen molar-refractivity contribution in [3.8, 4) is 0 Å². The Morgan fingerprint density at radius 1 is 1.20 bits per heavy atom. The number of carbonyl (C=O) groups is 1. The van der Waals surface area contributed by atoms with Crippen molar-refractivity contribution in [1.29, 1.82) is 0 Å². The van der Waals surface area contributed by atoms with E-state index in [1.165, 1.54) is 5.69 Å². The molecule has 1 saturated carbocycles. The molecule has 1 N–H and O–H groups in total. The van der Waals surface area contributed by atoms with Crippen LogP contribution in [0.2, 0.25) is 0 Å². The highest BCUT2D eigenvalue weighted by Gasteiger charge is 2.31. The van der Waals surface area contributed by atoms with Gasteiger partial charge in [-0.05, 0) is 44.9 Å². The molecular formula is C20H31N3O2. The van der Waals surface area contributed by atoms with E-state index in [0.717, 1.165) is 52.0 Å².